The minimum absolute atomic E-state index is 0.115. The van der Waals surface area contributed by atoms with Crippen molar-refractivity contribution in [1.29, 1.82) is 5.41 Å². The predicted molar refractivity (Wildman–Crippen MR) is 53.0 cm³/mol. The van der Waals surface area contributed by atoms with Crippen LogP contribution in [0.3, 0.4) is 0 Å². The first kappa shape index (κ1) is 12.1. The molecule has 0 aliphatic carbocycles. The Bertz CT molecular complexity index is 192. The minimum atomic E-state index is -0.295. The van der Waals surface area contributed by atoms with Crippen LogP contribution in [0.25, 0.3) is 0 Å². The predicted octanol–water partition coefficient (Wildman–Crippen LogP) is 2.40. The van der Waals surface area contributed by atoms with Gasteiger partial charge < -0.3 is 10.1 Å². The lowest BCUT2D eigenvalue weighted by atomic mass is 9.93. The Hall–Kier alpha value is -0.860. The number of nitrogens with one attached hydrogen (secondary N) is 1. The van der Waals surface area contributed by atoms with Crippen LogP contribution >= 0.6 is 0 Å². The molecule has 0 spiro atoms. The zero-order chi connectivity index (χ0) is 10.5. The molecule has 0 heterocycles. The Morgan fingerprint density at radius 2 is 1.92 bits per heavy atom. The maximum absolute atomic E-state index is 11.0. The molecule has 0 aliphatic heterocycles. The highest BCUT2D eigenvalue weighted by atomic mass is 16.5. The maximum atomic E-state index is 11.0. The Morgan fingerprint density at radius 3 is 2.31 bits per heavy atom. The van der Waals surface area contributed by atoms with Crippen molar-refractivity contribution in [3.05, 3.63) is 0 Å². The smallest absolute Gasteiger partial charge is 0.311 e. The van der Waals surface area contributed by atoms with Gasteiger partial charge in [-0.3, -0.25) is 4.79 Å². The van der Waals surface area contributed by atoms with Crippen molar-refractivity contribution in [1.82, 2.24) is 0 Å². The highest BCUT2D eigenvalue weighted by molar-refractivity contribution is 5.95. The van der Waals surface area contributed by atoms with Gasteiger partial charge in [0.1, 0.15) is 0 Å². The molecule has 3 heteroatoms. The highest BCUT2D eigenvalue weighted by Crippen LogP contribution is 2.17. The number of carbonyl (C=O) groups is 1. The monoisotopic (exact) mass is 185 g/mol. The van der Waals surface area contributed by atoms with E-state index < -0.39 is 0 Å². The lowest BCUT2D eigenvalue weighted by Gasteiger charge is -2.17. The number of rotatable bonds is 4. The Kier molecular flexibility index (Phi) is 4.67. The molecule has 0 aromatic carbocycles. The van der Waals surface area contributed by atoms with Crippen LogP contribution in [0.2, 0.25) is 0 Å². The number of hydrogen-bond donors (Lipinski definition) is 1. The summed E-state index contributed by atoms with van der Waals surface area (Å²) in [6.45, 7) is 8.36. The van der Waals surface area contributed by atoms with Gasteiger partial charge in [-0.1, -0.05) is 20.8 Å². The molecule has 3 nitrogen and oxygen atoms in total. The van der Waals surface area contributed by atoms with Gasteiger partial charge in [-0.15, -0.1) is 0 Å². The fourth-order valence-electron chi connectivity index (χ4n) is 0.739. The standard InChI is InChI=1S/C10H19NO2/c1-8(11)7-9(12)13-6-5-10(2,3)4/h11H,5-7H2,1-4H3. The SMILES string of the molecule is CC(=N)CC(=O)OCCC(C)(C)C. The molecule has 0 radical (unpaired) electrons. The van der Waals surface area contributed by atoms with Gasteiger partial charge in [0.25, 0.3) is 0 Å². The average molecular weight is 185 g/mol. The van der Waals surface area contributed by atoms with Crippen molar-refractivity contribution in [3.8, 4) is 0 Å². The third-order valence-corrected chi connectivity index (χ3v) is 1.52. The van der Waals surface area contributed by atoms with Crippen molar-refractivity contribution >= 4 is 11.7 Å². The summed E-state index contributed by atoms with van der Waals surface area (Å²) in [4.78, 5) is 11.0. The van der Waals surface area contributed by atoms with Gasteiger partial charge in [0.2, 0.25) is 0 Å². The van der Waals surface area contributed by atoms with E-state index in [9.17, 15) is 4.79 Å². The van der Waals surface area contributed by atoms with Crippen molar-refractivity contribution in [2.45, 2.75) is 40.5 Å². The summed E-state index contributed by atoms with van der Waals surface area (Å²) in [6, 6.07) is 0. The lowest BCUT2D eigenvalue weighted by molar-refractivity contribution is -0.142. The number of esters is 1. The van der Waals surface area contributed by atoms with Crippen LogP contribution in [0.5, 0.6) is 0 Å². The second-order valence-corrected chi connectivity index (χ2v) is 4.49. The van der Waals surface area contributed by atoms with Crippen LogP contribution in [-0.4, -0.2) is 18.3 Å². The normalized spacial score (nSPS) is 11.1. The van der Waals surface area contributed by atoms with Gasteiger partial charge in [-0.2, -0.15) is 0 Å². The molecule has 0 atom stereocenters. The van der Waals surface area contributed by atoms with E-state index in [1.807, 2.05) is 0 Å². The van der Waals surface area contributed by atoms with Gasteiger partial charge >= 0.3 is 5.97 Å². The molecule has 76 valence electrons. The zero-order valence-corrected chi connectivity index (χ0v) is 8.94. The van der Waals surface area contributed by atoms with Crippen molar-refractivity contribution < 1.29 is 9.53 Å². The molecular weight excluding hydrogens is 166 g/mol. The van der Waals surface area contributed by atoms with Gasteiger partial charge in [0, 0.05) is 5.71 Å². The van der Waals surface area contributed by atoms with Crippen LogP contribution in [-0.2, 0) is 9.53 Å². The Morgan fingerprint density at radius 1 is 1.38 bits per heavy atom. The first-order valence-electron chi connectivity index (χ1n) is 4.51. The largest absolute Gasteiger partial charge is 0.465 e. The molecule has 0 aromatic rings. The first-order chi connectivity index (χ1) is 5.81. The Labute approximate surface area is 80.0 Å². The van der Waals surface area contributed by atoms with Crippen LogP contribution in [0.15, 0.2) is 0 Å². The second kappa shape index (κ2) is 5.00. The molecule has 0 bridgehead atoms. The van der Waals surface area contributed by atoms with Crippen LogP contribution in [0.4, 0.5) is 0 Å². The molecule has 0 aromatic heterocycles. The van der Waals surface area contributed by atoms with E-state index in [0.717, 1.165) is 6.42 Å². The van der Waals surface area contributed by atoms with Gasteiger partial charge in [0.15, 0.2) is 0 Å². The maximum Gasteiger partial charge on any atom is 0.311 e. The lowest BCUT2D eigenvalue weighted by Crippen LogP contribution is -2.14. The molecule has 0 unspecified atom stereocenters. The van der Waals surface area contributed by atoms with E-state index in [1.54, 1.807) is 6.92 Å². The topological polar surface area (TPSA) is 50.2 Å². The zero-order valence-electron chi connectivity index (χ0n) is 8.94. The van der Waals surface area contributed by atoms with E-state index in [1.165, 1.54) is 0 Å². The van der Waals surface area contributed by atoms with Gasteiger partial charge in [0.05, 0.1) is 13.0 Å². The number of ether oxygens (including phenoxy) is 1. The van der Waals surface area contributed by atoms with E-state index >= 15 is 0 Å². The molecule has 1 N–H and O–H groups in total. The summed E-state index contributed by atoms with van der Waals surface area (Å²) >= 11 is 0. The molecule has 0 fully saturated rings. The van der Waals surface area contributed by atoms with E-state index in [4.69, 9.17) is 10.1 Å². The first-order valence-corrected chi connectivity index (χ1v) is 4.51. The molecular formula is C10H19NO2. The number of carbonyl (C=O) groups excluding carboxylic acids is 1. The summed E-state index contributed by atoms with van der Waals surface area (Å²) < 4.78 is 4.95. The molecule has 0 aliphatic rings. The summed E-state index contributed by atoms with van der Waals surface area (Å²) in [5, 5.41) is 7.08. The molecule has 0 saturated heterocycles. The fraction of sp³-hybridized carbons (Fsp3) is 0.800. The fourth-order valence-corrected chi connectivity index (χ4v) is 0.739. The third kappa shape index (κ3) is 9.05. The third-order valence-electron chi connectivity index (χ3n) is 1.52. The molecule has 13 heavy (non-hydrogen) atoms. The van der Waals surface area contributed by atoms with Crippen molar-refractivity contribution in [3.63, 3.8) is 0 Å². The summed E-state index contributed by atoms with van der Waals surface area (Å²) in [6.07, 6.45) is 0.972. The van der Waals surface area contributed by atoms with E-state index in [2.05, 4.69) is 20.8 Å². The Balaban J connectivity index is 3.54. The summed E-state index contributed by atoms with van der Waals surface area (Å²) in [7, 11) is 0. The van der Waals surface area contributed by atoms with Crippen molar-refractivity contribution in [2.24, 2.45) is 5.41 Å². The molecule has 0 amide bonds. The minimum Gasteiger partial charge on any atom is -0.465 e. The van der Waals surface area contributed by atoms with Crippen LogP contribution < -0.4 is 0 Å². The van der Waals surface area contributed by atoms with Gasteiger partial charge in [-0.05, 0) is 18.8 Å². The number of hydrogen-bond acceptors (Lipinski definition) is 3. The average Bonchev–Trinajstić information content (AvgIpc) is 1.81. The highest BCUT2D eigenvalue weighted by Gasteiger charge is 2.11. The quantitative estimate of drug-likeness (QED) is 0.540. The van der Waals surface area contributed by atoms with E-state index in [0.29, 0.717) is 12.3 Å². The molecule has 0 saturated carbocycles. The van der Waals surface area contributed by atoms with E-state index in [-0.39, 0.29) is 17.8 Å². The van der Waals surface area contributed by atoms with Gasteiger partial charge in [-0.25, -0.2) is 0 Å². The second-order valence-electron chi connectivity index (χ2n) is 4.49. The summed E-state index contributed by atoms with van der Waals surface area (Å²) in [5.41, 5.74) is 0.542. The molecule has 0 rings (SSSR count). The van der Waals surface area contributed by atoms with Crippen molar-refractivity contribution in [2.75, 3.05) is 6.61 Å². The van der Waals surface area contributed by atoms with Crippen LogP contribution in [0, 0.1) is 10.8 Å². The summed E-state index contributed by atoms with van der Waals surface area (Å²) in [5.74, 6) is -0.295. The van der Waals surface area contributed by atoms with Crippen LogP contribution in [0.1, 0.15) is 40.5 Å².